The first-order chi connectivity index (χ1) is 14.1. The second kappa shape index (κ2) is 8.36. The summed E-state index contributed by atoms with van der Waals surface area (Å²) in [7, 11) is 0. The number of anilines is 1. The SMILES string of the molecule is Cc1ccnc(Oc2cc(NC(=O)c3cnc(C4CCCN4)nc3)ccc2C)c1. The molecule has 2 aromatic heterocycles. The van der Waals surface area contributed by atoms with Crippen LogP contribution in [0.15, 0.2) is 48.9 Å². The second-order valence-electron chi connectivity index (χ2n) is 7.19. The number of carbonyl (C=O) groups excluding carboxylic acids is 1. The zero-order valence-corrected chi connectivity index (χ0v) is 16.5. The van der Waals surface area contributed by atoms with Crippen molar-refractivity contribution >= 4 is 11.6 Å². The molecule has 0 bridgehead atoms. The molecular weight excluding hydrogens is 366 g/mol. The van der Waals surface area contributed by atoms with Gasteiger partial charge in [-0.1, -0.05) is 6.07 Å². The van der Waals surface area contributed by atoms with Crippen LogP contribution in [0.1, 0.15) is 46.2 Å². The highest BCUT2D eigenvalue weighted by Gasteiger charge is 2.19. The molecule has 4 rings (SSSR count). The normalized spacial score (nSPS) is 15.9. The number of aromatic nitrogens is 3. The fourth-order valence-corrected chi connectivity index (χ4v) is 3.21. The third-order valence-electron chi connectivity index (χ3n) is 4.86. The summed E-state index contributed by atoms with van der Waals surface area (Å²) in [5.41, 5.74) is 3.05. The van der Waals surface area contributed by atoms with E-state index in [1.165, 1.54) is 0 Å². The van der Waals surface area contributed by atoms with Gasteiger partial charge in [0.15, 0.2) is 0 Å². The summed E-state index contributed by atoms with van der Waals surface area (Å²) in [6, 6.07) is 9.47. The van der Waals surface area contributed by atoms with Crippen molar-refractivity contribution in [2.24, 2.45) is 0 Å². The van der Waals surface area contributed by atoms with Crippen LogP contribution in [0.3, 0.4) is 0 Å². The van der Waals surface area contributed by atoms with Gasteiger partial charge in [-0.15, -0.1) is 0 Å². The van der Waals surface area contributed by atoms with E-state index < -0.39 is 0 Å². The molecule has 0 aliphatic carbocycles. The summed E-state index contributed by atoms with van der Waals surface area (Å²) in [4.78, 5) is 25.5. The molecule has 0 spiro atoms. The number of amides is 1. The minimum absolute atomic E-state index is 0.180. The van der Waals surface area contributed by atoms with Gasteiger partial charge in [-0.25, -0.2) is 15.0 Å². The topological polar surface area (TPSA) is 89.0 Å². The first-order valence-corrected chi connectivity index (χ1v) is 9.66. The summed E-state index contributed by atoms with van der Waals surface area (Å²) >= 11 is 0. The smallest absolute Gasteiger partial charge is 0.258 e. The summed E-state index contributed by atoms with van der Waals surface area (Å²) in [6.45, 7) is 4.90. The Labute approximate surface area is 169 Å². The van der Waals surface area contributed by atoms with Crippen LogP contribution in [0.25, 0.3) is 0 Å². The highest BCUT2D eigenvalue weighted by atomic mass is 16.5. The van der Waals surface area contributed by atoms with Gasteiger partial charge in [0.2, 0.25) is 5.88 Å². The van der Waals surface area contributed by atoms with Gasteiger partial charge in [-0.05, 0) is 56.5 Å². The Bertz CT molecular complexity index is 1010. The first kappa shape index (κ1) is 19.0. The van der Waals surface area contributed by atoms with Crippen LogP contribution in [-0.4, -0.2) is 27.4 Å². The molecule has 7 nitrogen and oxygen atoms in total. The predicted octanol–water partition coefficient (Wildman–Crippen LogP) is 3.96. The Balaban J connectivity index is 1.46. The van der Waals surface area contributed by atoms with Crippen molar-refractivity contribution in [2.45, 2.75) is 32.7 Å². The van der Waals surface area contributed by atoms with Crippen molar-refractivity contribution in [1.82, 2.24) is 20.3 Å². The van der Waals surface area contributed by atoms with Gasteiger partial charge in [0.1, 0.15) is 11.6 Å². The zero-order valence-electron chi connectivity index (χ0n) is 16.5. The van der Waals surface area contributed by atoms with Crippen LogP contribution in [0.2, 0.25) is 0 Å². The Morgan fingerprint density at radius 2 is 1.97 bits per heavy atom. The fraction of sp³-hybridized carbons (Fsp3) is 0.273. The largest absolute Gasteiger partial charge is 0.439 e. The molecule has 1 saturated heterocycles. The summed E-state index contributed by atoms with van der Waals surface area (Å²) < 4.78 is 5.90. The van der Waals surface area contributed by atoms with Crippen molar-refractivity contribution in [2.75, 3.05) is 11.9 Å². The van der Waals surface area contributed by atoms with Gasteiger partial charge in [-0.2, -0.15) is 0 Å². The van der Waals surface area contributed by atoms with Crippen LogP contribution >= 0.6 is 0 Å². The number of carbonyl (C=O) groups is 1. The van der Waals surface area contributed by atoms with Crippen LogP contribution in [-0.2, 0) is 0 Å². The van der Waals surface area contributed by atoms with E-state index in [0.29, 0.717) is 22.9 Å². The van der Waals surface area contributed by atoms with Gasteiger partial charge in [0, 0.05) is 36.4 Å². The molecule has 3 aromatic rings. The summed E-state index contributed by atoms with van der Waals surface area (Å²) in [5.74, 6) is 1.62. The molecule has 1 aliphatic heterocycles. The molecule has 1 atom stereocenters. The maximum Gasteiger partial charge on any atom is 0.258 e. The minimum Gasteiger partial charge on any atom is -0.439 e. The fourth-order valence-electron chi connectivity index (χ4n) is 3.21. The Morgan fingerprint density at radius 1 is 1.14 bits per heavy atom. The molecule has 148 valence electrons. The highest BCUT2D eigenvalue weighted by molar-refractivity contribution is 6.03. The molecule has 0 saturated carbocycles. The third kappa shape index (κ3) is 4.57. The van der Waals surface area contributed by atoms with Crippen molar-refractivity contribution in [3.05, 3.63) is 71.4 Å². The third-order valence-corrected chi connectivity index (χ3v) is 4.86. The molecule has 1 fully saturated rings. The van der Waals surface area contributed by atoms with Crippen LogP contribution in [0.5, 0.6) is 11.6 Å². The number of ether oxygens (including phenoxy) is 1. The molecule has 3 heterocycles. The number of rotatable bonds is 5. The molecule has 2 N–H and O–H groups in total. The number of nitrogens with zero attached hydrogens (tertiary/aromatic N) is 3. The van der Waals surface area contributed by atoms with Crippen LogP contribution in [0.4, 0.5) is 5.69 Å². The van der Waals surface area contributed by atoms with E-state index in [1.807, 2.05) is 38.1 Å². The molecule has 7 heteroatoms. The van der Waals surface area contributed by atoms with Crippen molar-refractivity contribution in [3.63, 3.8) is 0 Å². The Kier molecular flexibility index (Phi) is 5.48. The van der Waals surface area contributed by atoms with E-state index in [1.54, 1.807) is 24.7 Å². The lowest BCUT2D eigenvalue weighted by molar-refractivity contribution is 0.102. The predicted molar refractivity (Wildman–Crippen MR) is 110 cm³/mol. The standard InChI is InChI=1S/C22H23N5O2/c1-14-7-9-24-20(10-14)29-19-11-17(6-5-15(19)2)27-22(28)16-12-25-21(26-13-16)18-4-3-8-23-18/h5-7,9-13,18,23H,3-4,8H2,1-2H3,(H,27,28). The summed E-state index contributed by atoms with van der Waals surface area (Å²) in [5, 5.41) is 6.23. The molecule has 0 radical (unpaired) electrons. The molecular formula is C22H23N5O2. The molecule has 1 unspecified atom stereocenters. The van der Waals surface area contributed by atoms with Gasteiger partial charge in [0.05, 0.1) is 11.6 Å². The van der Waals surface area contributed by atoms with E-state index in [-0.39, 0.29) is 11.9 Å². The zero-order chi connectivity index (χ0) is 20.2. The lowest BCUT2D eigenvalue weighted by Crippen LogP contribution is -2.17. The lowest BCUT2D eigenvalue weighted by atomic mass is 10.2. The van der Waals surface area contributed by atoms with E-state index in [0.717, 1.165) is 36.3 Å². The average molecular weight is 389 g/mol. The number of hydrogen-bond donors (Lipinski definition) is 2. The maximum absolute atomic E-state index is 12.6. The lowest BCUT2D eigenvalue weighted by Gasteiger charge is -2.12. The molecule has 1 amide bonds. The van der Waals surface area contributed by atoms with E-state index in [9.17, 15) is 4.79 Å². The van der Waals surface area contributed by atoms with Gasteiger partial charge in [-0.3, -0.25) is 4.79 Å². The maximum atomic E-state index is 12.6. The summed E-state index contributed by atoms with van der Waals surface area (Å²) in [6.07, 6.45) is 6.98. The van der Waals surface area contributed by atoms with Gasteiger partial charge >= 0.3 is 0 Å². The molecule has 1 aliphatic rings. The number of benzene rings is 1. The molecule has 1 aromatic carbocycles. The quantitative estimate of drug-likeness (QED) is 0.687. The second-order valence-corrected chi connectivity index (χ2v) is 7.19. The number of pyridine rings is 1. The van der Waals surface area contributed by atoms with Crippen molar-refractivity contribution in [1.29, 1.82) is 0 Å². The highest BCUT2D eigenvalue weighted by Crippen LogP contribution is 2.27. The van der Waals surface area contributed by atoms with Crippen molar-refractivity contribution in [3.8, 4) is 11.6 Å². The first-order valence-electron chi connectivity index (χ1n) is 9.66. The van der Waals surface area contributed by atoms with E-state index >= 15 is 0 Å². The number of nitrogens with one attached hydrogen (secondary N) is 2. The monoisotopic (exact) mass is 389 g/mol. The Hall–Kier alpha value is -3.32. The van der Waals surface area contributed by atoms with Crippen molar-refractivity contribution < 1.29 is 9.53 Å². The Morgan fingerprint density at radius 3 is 2.69 bits per heavy atom. The van der Waals surface area contributed by atoms with E-state index in [4.69, 9.17) is 4.74 Å². The molecule has 29 heavy (non-hydrogen) atoms. The van der Waals surface area contributed by atoms with E-state index in [2.05, 4.69) is 25.6 Å². The minimum atomic E-state index is -0.264. The van der Waals surface area contributed by atoms with Crippen LogP contribution in [0, 0.1) is 13.8 Å². The van der Waals surface area contributed by atoms with Gasteiger partial charge < -0.3 is 15.4 Å². The number of hydrogen-bond acceptors (Lipinski definition) is 6. The van der Waals surface area contributed by atoms with Gasteiger partial charge in [0.25, 0.3) is 5.91 Å². The number of aryl methyl sites for hydroxylation is 2. The van der Waals surface area contributed by atoms with Crippen LogP contribution < -0.4 is 15.4 Å². The average Bonchev–Trinajstić information content (AvgIpc) is 3.25.